The Labute approximate surface area is 295 Å². The molecule has 50 heavy (non-hydrogen) atoms. The van der Waals surface area contributed by atoms with Gasteiger partial charge in [0.2, 0.25) is 11.9 Å². The number of aliphatic carboxylic acids is 1. The summed E-state index contributed by atoms with van der Waals surface area (Å²) in [6, 6.07) is 17.2. The van der Waals surface area contributed by atoms with Gasteiger partial charge in [-0.1, -0.05) is 43.1 Å². The number of nitrogens with zero attached hydrogens (tertiary/aromatic N) is 2. The van der Waals surface area contributed by atoms with Crippen molar-refractivity contribution in [2.24, 2.45) is 10.7 Å². The van der Waals surface area contributed by atoms with Gasteiger partial charge in [-0.2, -0.15) is 0 Å². The van der Waals surface area contributed by atoms with E-state index in [0.717, 1.165) is 12.8 Å². The first-order chi connectivity index (χ1) is 23.6. The van der Waals surface area contributed by atoms with E-state index in [1.54, 1.807) is 63.2 Å². The fourth-order valence-electron chi connectivity index (χ4n) is 4.36. The fraction of sp³-hybridized carbons (Fsp3) is 0.333. The lowest BCUT2D eigenvalue weighted by Gasteiger charge is -2.21. The second-order valence-corrected chi connectivity index (χ2v) is 12.6. The van der Waals surface area contributed by atoms with E-state index in [2.05, 4.69) is 10.3 Å². The molecule has 0 fully saturated rings. The Morgan fingerprint density at radius 3 is 2.18 bits per heavy atom. The Balaban J connectivity index is 1.55. The van der Waals surface area contributed by atoms with Gasteiger partial charge in [0.05, 0.1) is 17.7 Å². The molecule has 3 aromatic rings. The van der Waals surface area contributed by atoms with Crippen molar-refractivity contribution >= 4 is 53.2 Å². The van der Waals surface area contributed by atoms with Crippen LogP contribution in [0.2, 0.25) is 5.02 Å². The summed E-state index contributed by atoms with van der Waals surface area (Å²) in [6.07, 6.45) is 1.00. The van der Waals surface area contributed by atoms with E-state index in [4.69, 9.17) is 31.5 Å². The number of carbonyl (C=O) groups is 5. The maximum atomic E-state index is 13.1. The van der Waals surface area contributed by atoms with Crippen LogP contribution in [0.5, 0.6) is 5.75 Å². The second kappa shape index (κ2) is 18.4. The first kappa shape index (κ1) is 39.0. The summed E-state index contributed by atoms with van der Waals surface area (Å²) in [7, 11) is 0. The molecule has 0 radical (unpaired) electrons. The Bertz CT molecular complexity index is 1700. The third-order valence-corrected chi connectivity index (χ3v) is 7.17. The molecule has 13 nitrogen and oxygen atoms in total. The molecule has 0 atom stereocenters. The average molecular weight is 709 g/mol. The number of nitrogens with one attached hydrogen (secondary N) is 1. The Kier molecular flexibility index (Phi) is 14.3. The number of halogens is 1. The number of nitrogens with two attached hydrogens (primary N) is 1. The van der Waals surface area contributed by atoms with Crippen LogP contribution in [-0.2, 0) is 32.0 Å². The van der Waals surface area contributed by atoms with Crippen LogP contribution in [0.4, 0.5) is 10.5 Å². The Morgan fingerprint density at radius 1 is 0.940 bits per heavy atom. The lowest BCUT2D eigenvalue weighted by Crippen LogP contribution is -2.35. The van der Waals surface area contributed by atoms with Crippen LogP contribution in [-0.4, -0.2) is 64.6 Å². The zero-order valence-corrected chi connectivity index (χ0v) is 29.1. The molecule has 14 heteroatoms. The molecule has 0 aromatic heterocycles. The zero-order valence-electron chi connectivity index (χ0n) is 28.4. The maximum Gasteiger partial charge on any atom is 0.437 e. The van der Waals surface area contributed by atoms with Crippen molar-refractivity contribution in [2.75, 3.05) is 18.5 Å². The molecule has 0 aliphatic heterocycles. The number of hydrogen-bond acceptors (Lipinski definition) is 8. The molecule has 2 amide bonds. The summed E-state index contributed by atoms with van der Waals surface area (Å²) >= 11 is 6.44. The van der Waals surface area contributed by atoms with E-state index in [0.29, 0.717) is 29.0 Å². The summed E-state index contributed by atoms with van der Waals surface area (Å²) < 4.78 is 15.8. The van der Waals surface area contributed by atoms with Gasteiger partial charge in [-0.25, -0.2) is 14.4 Å². The van der Waals surface area contributed by atoms with E-state index in [1.165, 1.54) is 29.2 Å². The highest BCUT2D eigenvalue weighted by molar-refractivity contribution is 6.31. The molecular weight excluding hydrogens is 668 g/mol. The number of aryl methyl sites for hydroxylation is 1. The lowest BCUT2D eigenvalue weighted by molar-refractivity contribution is -0.144. The highest BCUT2D eigenvalue weighted by Crippen LogP contribution is 2.25. The predicted octanol–water partition coefficient (Wildman–Crippen LogP) is 6.22. The minimum absolute atomic E-state index is 0.0264. The highest BCUT2D eigenvalue weighted by Gasteiger charge is 2.19. The number of carboxylic acid groups (broad SMARTS) is 1. The fourth-order valence-corrected chi connectivity index (χ4v) is 4.63. The highest BCUT2D eigenvalue weighted by atomic mass is 35.5. The van der Waals surface area contributed by atoms with Crippen LogP contribution < -0.4 is 15.8 Å². The van der Waals surface area contributed by atoms with E-state index < -0.39 is 42.1 Å². The standard InChI is InChI=1S/C36H41ClN4O9/c1-5-6-19-48-32(45)25-9-7-23(8-10-25)21-41(22-31(43)44)30(42)18-14-24-13-17-28(20-29(24)37)49-33(46)26-11-15-27(16-12-26)39-34(38)40-35(47)50-36(2,3)4/h7-13,15-17,20H,5-6,14,18-19,21-22H2,1-4H3,(H,43,44)(H3,38,39,40,47). The number of ether oxygens (including phenoxy) is 3. The SMILES string of the molecule is CCCCOC(=O)c1ccc(CN(CC(=O)O)C(=O)CCc2ccc(OC(=O)c3ccc(N/C(N)=N/C(=O)OC(C)(C)C)cc3)cc2Cl)cc1. The van der Waals surface area contributed by atoms with Crippen molar-refractivity contribution in [2.45, 2.75) is 65.5 Å². The molecule has 0 unspecified atom stereocenters. The number of carbonyl (C=O) groups excluding carboxylic acids is 4. The van der Waals surface area contributed by atoms with Gasteiger partial charge >= 0.3 is 24.0 Å². The van der Waals surface area contributed by atoms with E-state index >= 15 is 0 Å². The van der Waals surface area contributed by atoms with Gasteiger partial charge in [-0.3, -0.25) is 9.59 Å². The van der Waals surface area contributed by atoms with Crippen LogP contribution in [0, 0.1) is 0 Å². The summed E-state index contributed by atoms with van der Waals surface area (Å²) in [6.45, 7) is 6.96. The molecule has 0 spiro atoms. The summed E-state index contributed by atoms with van der Waals surface area (Å²) in [5.41, 5.74) is 7.34. The summed E-state index contributed by atoms with van der Waals surface area (Å²) in [5, 5.41) is 12.4. The number of rotatable bonds is 14. The lowest BCUT2D eigenvalue weighted by atomic mass is 10.1. The van der Waals surface area contributed by atoms with Crippen molar-refractivity contribution in [3.05, 3.63) is 94.0 Å². The summed E-state index contributed by atoms with van der Waals surface area (Å²) in [4.78, 5) is 66.1. The van der Waals surface area contributed by atoms with Crippen molar-refractivity contribution in [3.8, 4) is 5.75 Å². The molecule has 3 rings (SSSR count). The van der Waals surface area contributed by atoms with E-state index in [-0.39, 0.29) is 41.7 Å². The van der Waals surface area contributed by atoms with Gasteiger partial charge < -0.3 is 35.3 Å². The van der Waals surface area contributed by atoms with Crippen molar-refractivity contribution in [3.63, 3.8) is 0 Å². The molecular formula is C36H41ClN4O9. The van der Waals surface area contributed by atoms with Crippen LogP contribution in [0.1, 0.15) is 78.8 Å². The first-order valence-electron chi connectivity index (χ1n) is 15.8. The minimum Gasteiger partial charge on any atom is -0.480 e. The Hall–Kier alpha value is -5.43. The zero-order chi connectivity index (χ0) is 36.8. The van der Waals surface area contributed by atoms with Gasteiger partial charge in [-0.15, -0.1) is 4.99 Å². The van der Waals surface area contributed by atoms with Crippen molar-refractivity contribution in [1.29, 1.82) is 0 Å². The minimum atomic E-state index is -1.17. The number of anilines is 1. The maximum absolute atomic E-state index is 13.1. The van der Waals surface area contributed by atoms with Crippen molar-refractivity contribution in [1.82, 2.24) is 4.90 Å². The smallest absolute Gasteiger partial charge is 0.437 e. The van der Waals surface area contributed by atoms with Crippen LogP contribution >= 0.6 is 11.6 Å². The molecule has 0 aliphatic rings. The molecule has 0 saturated heterocycles. The van der Waals surface area contributed by atoms with Crippen LogP contribution in [0.25, 0.3) is 0 Å². The van der Waals surface area contributed by atoms with E-state index in [1.807, 2.05) is 6.92 Å². The number of aliphatic imine (C=N–C) groups is 1. The summed E-state index contributed by atoms with van der Waals surface area (Å²) in [5.74, 6) is -2.68. The van der Waals surface area contributed by atoms with Crippen LogP contribution in [0.15, 0.2) is 71.7 Å². The van der Waals surface area contributed by atoms with Gasteiger partial charge in [0.25, 0.3) is 0 Å². The van der Waals surface area contributed by atoms with E-state index in [9.17, 15) is 29.1 Å². The molecule has 0 heterocycles. The number of unbranched alkanes of at least 4 members (excludes halogenated alkanes) is 1. The van der Waals surface area contributed by atoms with Gasteiger partial charge in [0, 0.05) is 23.7 Å². The molecule has 266 valence electrons. The number of amides is 2. The van der Waals surface area contributed by atoms with Gasteiger partial charge in [-0.05, 0) is 93.3 Å². The van der Waals surface area contributed by atoms with Crippen LogP contribution in [0.3, 0.4) is 0 Å². The normalized spacial score (nSPS) is 11.3. The number of carboxylic acids is 1. The molecule has 0 bridgehead atoms. The quantitative estimate of drug-likeness (QED) is 0.0567. The molecule has 0 aliphatic carbocycles. The van der Waals surface area contributed by atoms with Gasteiger partial charge in [0.15, 0.2) is 0 Å². The largest absolute Gasteiger partial charge is 0.480 e. The monoisotopic (exact) mass is 708 g/mol. The Morgan fingerprint density at radius 2 is 1.58 bits per heavy atom. The van der Waals surface area contributed by atoms with Crippen molar-refractivity contribution < 1.29 is 43.3 Å². The number of benzene rings is 3. The number of guanidine groups is 1. The molecule has 4 N–H and O–H groups in total. The third kappa shape index (κ3) is 13.2. The number of hydrogen-bond donors (Lipinski definition) is 3. The predicted molar refractivity (Wildman–Crippen MR) is 187 cm³/mol. The first-order valence-corrected chi connectivity index (χ1v) is 16.2. The average Bonchev–Trinajstić information content (AvgIpc) is 3.03. The topological polar surface area (TPSA) is 187 Å². The molecule has 0 saturated carbocycles. The number of esters is 2. The second-order valence-electron chi connectivity index (χ2n) is 12.2. The van der Waals surface area contributed by atoms with Gasteiger partial charge in [0.1, 0.15) is 17.9 Å². The molecule has 3 aromatic carbocycles. The third-order valence-electron chi connectivity index (χ3n) is 6.81.